The minimum Gasteiger partial charge on any atom is -0.361 e. The summed E-state index contributed by atoms with van der Waals surface area (Å²) in [5, 5.41) is 7.98. The molecular weight excluding hydrogens is 334 g/mol. The van der Waals surface area contributed by atoms with Gasteiger partial charge in [0.1, 0.15) is 11.3 Å². The Morgan fingerprint density at radius 1 is 1.19 bits per heavy atom. The Hall–Kier alpha value is -2.90. The molecule has 0 bridgehead atoms. The number of hydrogen-bond acceptors (Lipinski definition) is 6. The van der Waals surface area contributed by atoms with Crippen molar-refractivity contribution in [2.45, 2.75) is 32.6 Å². The quantitative estimate of drug-likeness (QED) is 0.717. The molecule has 1 aliphatic rings. The number of nitrogens with zero attached hydrogens (tertiary/aromatic N) is 5. The maximum absolute atomic E-state index is 12.7. The third-order valence-corrected chi connectivity index (χ3v) is 4.99. The van der Waals surface area contributed by atoms with Crippen molar-refractivity contribution in [3.63, 3.8) is 0 Å². The first-order valence-electron chi connectivity index (χ1n) is 8.72. The second kappa shape index (κ2) is 6.44. The molecule has 4 heterocycles. The van der Waals surface area contributed by atoms with Gasteiger partial charge >= 0.3 is 0 Å². The van der Waals surface area contributed by atoms with E-state index in [2.05, 4.69) is 15.3 Å². The van der Waals surface area contributed by atoms with Crippen molar-refractivity contribution in [1.29, 1.82) is 0 Å². The van der Waals surface area contributed by atoms with Gasteiger partial charge in [0, 0.05) is 32.3 Å². The molecule has 136 valence electrons. The molecule has 0 spiro atoms. The number of carbonyl (C=O) groups is 1. The van der Waals surface area contributed by atoms with E-state index < -0.39 is 0 Å². The zero-order valence-electron chi connectivity index (χ0n) is 15.1. The lowest BCUT2D eigenvalue weighted by atomic mass is 9.96. The highest BCUT2D eigenvalue weighted by molar-refractivity contribution is 5.96. The highest BCUT2D eigenvalue weighted by Gasteiger charge is 2.30. The smallest absolute Gasteiger partial charge is 0.259 e. The van der Waals surface area contributed by atoms with Crippen molar-refractivity contribution in [3.8, 4) is 11.5 Å². The van der Waals surface area contributed by atoms with Crippen LogP contribution in [0.5, 0.6) is 0 Å². The van der Waals surface area contributed by atoms with Crippen LogP contribution in [0.2, 0.25) is 0 Å². The first-order valence-corrected chi connectivity index (χ1v) is 8.72. The fraction of sp³-hybridized carbons (Fsp3) is 0.444. The second-order valence-corrected chi connectivity index (χ2v) is 6.73. The first kappa shape index (κ1) is 16.6. The Bertz CT molecular complexity index is 911. The molecule has 0 atom stereocenters. The zero-order chi connectivity index (χ0) is 18.3. The van der Waals surface area contributed by atoms with Gasteiger partial charge in [-0.05, 0) is 38.8 Å². The van der Waals surface area contributed by atoms with Gasteiger partial charge in [-0.3, -0.25) is 4.79 Å². The van der Waals surface area contributed by atoms with E-state index in [0.29, 0.717) is 41.8 Å². The zero-order valence-corrected chi connectivity index (χ0v) is 15.1. The van der Waals surface area contributed by atoms with Crippen LogP contribution in [0.1, 0.15) is 46.5 Å². The van der Waals surface area contributed by atoms with Gasteiger partial charge < -0.3 is 18.5 Å². The lowest BCUT2D eigenvalue weighted by Gasteiger charge is -2.30. The number of piperidine rings is 1. The molecule has 0 aliphatic carbocycles. The van der Waals surface area contributed by atoms with Crippen LogP contribution in [-0.2, 0) is 7.05 Å². The minimum absolute atomic E-state index is 0.0188. The summed E-state index contributed by atoms with van der Waals surface area (Å²) in [6.45, 7) is 4.86. The van der Waals surface area contributed by atoms with Gasteiger partial charge in [0.2, 0.25) is 11.7 Å². The predicted octanol–water partition coefficient (Wildman–Crippen LogP) is 2.70. The van der Waals surface area contributed by atoms with Gasteiger partial charge in [-0.15, -0.1) is 0 Å². The van der Waals surface area contributed by atoms with E-state index in [4.69, 9.17) is 9.05 Å². The molecule has 0 unspecified atom stereocenters. The summed E-state index contributed by atoms with van der Waals surface area (Å²) >= 11 is 0. The lowest BCUT2D eigenvalue weighted by molar-refractivity contribution is 0.0702. The summed E-state index contributed by atoms with van der Waals surface area (Å²) in [6, 6.07) is 3.91. The monoisotopic (exact) mass is 355 g/mol. The molecule has 0 radical (unpaired) electrons. The van der Waals surface area contributed by atoms with E-state index >= 15 is 0 Å². The Kier molecular flexibility index (Phi) is 4.10. The summed E-state index contributed by atoms with van der Waals surface area (Å²) < 4.78 is 12.6. The van der Waals surface area contributed by atoms with E-state index in [1.165, 1.54) is 0 Å². The number of carbonyl (C=O) groups excluding carboxylic acids is 1. The van der Waals surface area contributed by atoms with Gasteiger partial charge in [0.25, 0.3) is 5.91 Å². The van der Waals surface area contributed by atoms with Gasteiger partial charge in [-0.25, -0.2) is 0 Å². The molecule has 1 fully saturated rings. The van der Waals surface area contributed by atoms with E-state index in [-0.39, 0.29) is 11.8 Å². The van der Waals surface area contributed by atoms with E-state index in [0.717, 1.165) is 18.5 Å². The molecule has 8 heteroatoms. The summed E-state index contributed by atoms with van der Waals surface area (Å²) in [4.78, 5) is 19.1. The van der Waals surface area contributed by atoms with Crippen molar-refractivity contribution in [2.24, 2.45) is 7.05 Å². The molecular formula is C18H21N5O3. The minimum atomic E-state index is -0.0188. The Morgan fingerprint density at radius 2 is 1.96 bits per heavy atom. The van der Waals surface area contributed by atoms with E-state index in [1.54, 1.807) is 13.8 Å². The molecule has 26 heavy (non-hydrogen) atoms. The van der Waals surface area contributed by atoms with Crippen LogP contribution in [0.25, 0.3) is 11.5 Å². The van der Waals surface area contributed by atoms with Crippen molar-refractivity contribution in [2.75, 3.05) is 13.1 Å². The predicted molar refractivity (Wildman–Crippen MR) is 92.6 cm³/mol. The Balaban J connectivity index is 1.43. The topological polar surface area (TPSA) is 90.2 Å². The molecule has 0 saturated carbocycles. The third-order valence-electron chi connectivity index (χ3n) is 4.99. The molecule has 0 aromatic carbocycles. The van der Waals surface area contributed by atoms with Gasteiger partial charge in [-0.1, -0.05) is 10.3 Å². The third kappa shape index (κ3) is 2.81. The Labute approximate surface area is 150 Å². The molecule has 4 rings (SSSR count). The number of likely N-dealkylation sites (tertiary alicyclic amines) is 1. The van der Waals surface area contributed by atoms with Gasteiger partial charge in [0.15, 0.2) is 0 Å². The van der Waals surface area contributed by atoms with Crippen molar-refractivity contribution >= 4 is 5.91 Å². The van der Waals surface area contributed by atoms with Crippen molar-refractivity contribution in [3.05, 3.63) is 41.2 Å². The molecule has 0 N–H and O–H groups in total. The normalized spacial score (nSPS) is 15.6. The number of aryl methyl sites for hydroxylation is 3. The maximum atomic E-state index is 12.7. The standard InChI is InChI=1S/C18H21N5O3/c1-11-15(12(2)25-20-11)18(24)23-9-6-13(7-10-23)17-19-16(21-26-17)14-5-4-8-22(14)3/h4-5,8,13H,6-7,9-10H2,1-3H3. The molecule has 1 amide bonds. The van der Waals surface area contributed by atoms with Crippen LogP contribution in [0, 0.1) is 13.8 Å². The van der Waals surface area contributed by atoms with E-state index in [1.807, 2.05) is 34.8 Å². The number of aromatic nitrogens is 4. The average Bonchev–Trinajstić information content (AvgIpc) is 3.35. The maximum Gasteiger partial charge on any atom is 0.259 e. The highest BCUT2D eigenvalue weighted by Crippen LogP contribution is 2.29. The largest absolute Gasteiger partial charge is 0.361 e. The summed E-state index contributed by atoms with van der Waals surface area (Å²) in [6.07, 6.45) is 3.54. The molecule has 1 aliphatic heterocycles. The fourth-order valence-electron chi connectivity index (χ4n) is 3.47. The Morgan fingerprint density at radius 3 is 2.58 bits per heavy atom. The molecule has 1 saturated heterocycles. The first-order chi connectivity index (χ1) is 12.5. The number of rotatable bonds is 3. The van der Waals surface area contributed by atoms with Gasteiger partial charge in [-0.2, -0.15) is 4.98 Å². The highest BCUT2D eigenvalue weighted by atomic mass is 16.5. The van der Waals surface area contributed by atoms with E-state index in [9.17, 15) is 4.79 Å². The van der Waals surface area contributed by atoms with Crippen LogP contribution in [0.4, 0.5) is 0 Å². The molecule has 8 nitrogen and oxygen atoms in total. The van der Waals surface area contributed by atoms with Crippen LogP contribution in [0.15, 0.2) is 27.4 Å². The average molecular weight is 355 g/mol. The summed E-state index contributed by atoms with van der Waals surface area (Å²) in [7, 11) is 1.95. The SMILES string of the molecule is Cc1noc(C)c1C(=O)N1CCC(c2nc(-c3cccn3C)no2)CC1. The second-order valence-electron chi connectivity index (χ2n) is 6.73. The van der Waals surface area contributed by atoms with Crippen LogP contribution >= 0.6 is 0 Å². The van der Waals surface area contributed by atoms with Crippen molar-refractivity contribution < 1.29 is 13.8 Å². The lowest BCUT2D eigenvalue weighted by Crippen LogP contribution is -2.38. The van der Waals surface area contributed by atoms with Crippen molar-refractivity contribution in [1.82, 2.24) is 24.8 Å². The van der Waals surface area contributed by atoms with Gasteiger partial charge in [0.05, 0.1) is 11.4 Å². The number of amides is 1. The van der Waals surface area contributed by atoms with Crippen LogP contribution in [-0.4, -0.2) is 43.8 Å². The summed E-state index contributed by atoms with van der Waals surface area (Å²) in [5.41, 5.74) is 2.14. The molecule has 3 aromatic rings. The summed E-state index contributed by atoms with van der Waals surface area (Å²) in [5.74, 6) is 1.96. The number of hydrogen-bond donors (Lipinski definition) is 0. The van der Waals surface area contributed by atoms with Crippen LogP contribution < -0.4 is 0 Å². The molecule has 3 aromatic heterocycles. The fourth-order valence-corrected chi connectivity index (χ4v) is 3.47. The van der Waals surface area contributed by atoms with Crippen LogP contribution in [0.3, 0.4) is 0 Å².